The Morgan fingerprint density at radius 2 is 2.29 bits per heavy atom. The van der Waals surface area contributed by atoms with E-state index in [1.54, 1.807) is 7.11 Å². The van der Waals surface area contributed by atoms with Crippen molar-refractivity contribution in [2.75, 3.05) is 7.11 Å². The van der Waals surface area contributed by atoms with Gasteiger partial charge in [0.05, 0.1) is 12.7 Å². The lowest BCUT2D eigenvalue weighted by atomic mass is 10.2. The Morgan fingerprint density at radius 1 is 1.43 bits per heavy atom. The number of aromatic nitrogens is 4. The summed E-state index contributed by atoms with van der Waals surface area (Å²) < 4.78 is 6.14. The number of hydrogen-bond donors (Lipinski definition) is 1. The van der Waals surface area contributed by atoms with Gasteiger partial charge >= 0.3 is 0 Å². The number of hydrogen-bond acceptors (Lipinski definition) is 4. The number of benzene rings is 1. The van der Waals surface area contributed by atoms with Crippen LogP contribution >= 0.6 is 15.9 Å². The van der Waals surface area contributed by atoms with Crippen LogP contribution in [0.2, 0.25) is 0 Å². The molecule has 2 rings (SSSR count). The molecule has 0 amide bonds. The largest absolute Gasteiger partial charge is 0.496 e. The molecule has 1 heterocycles. The van der Waals surface area contributed by atoms with Gasteiger partial charge in [-0.1, -0.05) is 15.9 Å². The fraction of sp³-hybridized carbons (Fsp3) is 0.125. The molecule has 0 aliphatic rings. The number of H-pyrrole nitrogens is 1. The monoisotopic (exact) mass is 254 g/mol. The molecule has 0 atom stereocenters. The van der Waals surface area contributed by atoms with E-state index < -0.39 is 0 Å². The lowest BCUT2D eigenvalue weighted by Crippen LogP contribution is -1.89. The smallest absolute Gasteiger partial charge is 0.183 e. The second-order valence-corrected chi connectivity index (χ2v) is 3.51. The molecule has 0 fully saturated rings. The fourth-order valence-electron chi connectivity index (χ4n) is 1.14. The Kier molecular flexibility index (Phi) is 2.45. The van der Waals surface area contributed by atoms with Crippen LogP contribution in [0.15, 0.2) is 22.7 Å². The standard InChI is InChI=1S/C8H7BrN4O/c1-14-7-3-2-5(9)4-6(7)8-10-12-13-11-8/h2-4H,1H3,(H,10,11,12,13). The van der Waals surface area contributed by atoms with Gasteiger partial charge in [-0.05, 0) is 28.6 Å². The molecule has 1 aromatic carbocycles. The molecular formula is C8H7BrN4O. The number of aromatic amines is 1. The fourth-order valence-corrected chi connectivity index (χ4v) is 1.50. The molecule has 0 saturated carbocycles. The molecule has 0 bridgehead atoms. The van der Waals surface area contributed by atoms with Gasteiger partial charge in [-0.25, -0.2) is 5.10 Å². The van der Waals surface area contributed by atoms with Gasteiger partial charge in [-0.15, -0.1) is 5.10 Å². The molecule has 2 aromatic rings. The van der Waals surface area contributed by atoms with E-state index in [0.717, 1.165) is 15.8 Å². The highest BCUT2D eigenvalue weighted by molar-refractivity contribution is 9.10. The maximum Gasteiger partial charge on any atom is 0.183 e. The SMILES string of the molecule is COc1ccc(Br)cc1-c1nnn[nH]1. The number of methoxy groups -OCH3 is 1. The molecule has 6 heteroatoms. The molecule has 14 heavy (non-hydrogen) atoms. The molecular weight excluding hydrogens is 248 g/mol. The summed E-state index contributed by atoms with van der Waals surface area (Å²) in [6, 6.07) is 5.63. The minimum atomic E-state index is 0.586. The van der Waals surface area contributed by atoms with Crippen molar-refractivity contribution in [2.24, 2.45) is 0 Å². The minimum absolute atomic E-state index is 0.586. The highest BCUT2D eigenvalue weighted by atomic mass is 79.9. The van der Waals surface area contributed by atoms with Gasteiger partial charge in [0.25, 0.3) is 0 Å². The van der Waals surface area contributed by atoms with Crippen molar-refractivity contribution in [3.8, 4) is 17.1 Å². The summed E-state index contributed by atoms with van der Waals surface area (Å²) in [6.45, 7) is 0. The van der Waals surface area contributed by atoms with Crippen molar-refractivity contribution >= 4 is 15.9 Å². The maximum absolute atomic E-state index is 5.19. The minimum Gasteiger partial charge on any atom is -0.496 e. The Balaban J connectivity index is 2.55. The first-order valence-electron chi connectivity index (χ1n) is 3.89. The van der Waals surface area contributed by atoms with Crippen molar-refractivity contribution in [2.45, 2.75) is 0 Å². The zero-order valence-electron chi connectivity index (χ0n) is 7.36. The predicted octanol–water partition coefficient (Wildman–Crippen LogP) is 1.64. The number of halogens is 1. The van der Waals surface area contributed by atoms with Crippen molar-refractivity contribution in [1.82, 2.24) is 20.6 Å². The van der Waals surface area contributed by atoms with E-state index in [-0.39, 0.29) is 0 Å². The molecule has 1 N–H and O–H groups in total. The number of tetrazole rings is 1. The van der Waals surface area contributed by atoms with Gasteiger partial charge in [0.1, 0.15) is 5.75 Å². The van der Waals surface area contributed by atoms with Crippen molar-refractivity contribution in [1.29, 1.82) is 0 Å². The van der Waals surface area contributed by atoms with E-state index >= 15 is 0 Å². The molecule has 0 saturated heterocycles. The molecule has 5 nitrogen and oxygen atoms in total. The molecule has 0 radical (unpaired) electrons. The van der Waals surface area contributed by atoms with Crippen molar-refractivity contribution in [3.63, 3.8) is 0 Å². The van der Waals surface area contributed by atoms with E-state index in [4.69, 9.17) is 4.74 Å². The quantitative estimate of drug-likeness (QED) is 0.885. The number of nitrogens with zero attached hydrogens (tertiary/aromatic N) is 3. The second kappa shape index (κ2) is 3.75. The summed E-state index contributed by atoms with van der Waals surface area (Å²) in [5.74, 6) is 1.31. The predicted molar refractivity (Wildman–Crippen MR) is 53.9 cm³/mol. The van der Waals surface area contributed by atoms with Crippen molar-refractivity contribution in [3.05, 3.63) is 22.7 Å². The summed E-state index contributed by atoms with van der Waals surface area (Å²) in [4.78, 5) is 0. The Morgan fingerprint density at radius 3 is 2.93 bits per heavy atom. The number of ether oxygens (including phenoxy) is 1. The normalized spacial score (nSPS) is 10.1. The third kappa shape index (κ3) is 1.60. The third-order valence-electron chi connectivity index (χ3n) is 1.76. The lowest BCUT2D eigenvalue weighted by Gasteiger charge is -2.04. The summed E-state index contributed by atoms with van der Waals surface area (Å²) in [6.07, 6.45) is 0. The highest BCUT2D eigenvalue weighted by Crippen LogP contribution is 2.29. The van der Waals surface area contributed by atoms with E-state index in [9.17, 15) is 0 Å². The van der Waals surface area contributed by atoms with Gasteiger partial charge in [0.15, 0.2) is 5.82 Å². The average Bonchev–Trinajstić information content (AvgIpc) is 2.70. The Hall–Kier alpha value is -1.43. The van der Waals surface area contributed by atoms with E-state index in [0.29, 0.717) is 5.82 Å². The lowest BCUT2D eigenvalue weighted by molar-refractivity contribution is 0.416. The van der Waals surface area contributed by atoms with Crippen LogP contribution < -0.4 is 4.74 Å². The first-order valence-corrected chi connectivity index (χ1v) is 4.68. The average molecular weight is 255 g/mol. The van der Waals surface area contributed by atoms with Crippen LogP contribution in [0.4, 0.5) is 0 Å². The Labute approximate surface area is 88.6 Å². The van der Waals surface area contributed by atoms with Crippen LogP contribution in [0.5, 0.6) is 5.75 Å². The van der Waals surface area contributed by atoms with Crippen LogP contribution in [0, 0.1) is 0 Å². The maximum atomic E-state index is 5.19. The van der Waals surface area contributed by atoms with E-state index in [2.05, 4.69) is 36.6 Å². The summed E-state index contributed by atoms with van der Waals surface area (Å²) in [5.41, 5.74) is 0.826. The van der Waals surface area contributed by atoms with Gasteiger partial charge in [-0.2, -0.15) is 0 Å². The van der Waals surface area contributed by atoms with Crippen LogP contribution in [-0.2, 0) is 0 Å². The van der Waals surface area contributed by atoms with Crippen LogP contribution in [0.3, 0.4) is 0 Å². The molecule has 0 aliphatic heterocycles. The van der Waals surface area contributed by atoms with E-state index in [1.807, 2.05) is 18.2 Å². The van der Waals surface area contributed by atoms with Crippen molar-refractivity contribution < 1.29 is 4.74 Å². The topological polar surface area (TPSA) is 63.7 Å². The summed E-state index contributed by atoms with van der Waals surface area (Å²) in [7, 11) is 1.61. The Bertz CT molecular complexity index is 429. The molecule has 0 spiro atoms. The summed E-state index contributed by atoms with van der Waals surface area (Å²) in [5, 5.41) is 13.5. The zero-order chi connectivity index (χ0) is 9.97. The zero-order valence-corrected chi connectivity index (χ0v) is 8.95. The van der Waals surface area contributed by atoms with Crippen LogP contribution in [0.1, 0.15) is 0 Å². The summed E-state index contributed by atoms with van der Waals surface area (Å²) >= 11 is 3.37. The van der Waals surface area contributed by atoms with Gasteiger partial charge in [0, 0.05) is 4.47 Å². The molecule has 0 aliphatic carbocycles. The van der Waals surface area contributed by atoms with E-state index in [1.165, 1.54) is 0 Å². The number of rotatable bonds is 2. The first-order chi connectivity index (χ1) is 6.81. The van der Waals surface area contributed by atoms with Gasteiger partial charge in [0.2, 0.25) is 0 Å². The van der Waals surface area contributed by atoms with Gasteiger partial charge in [-0.3, -0.25) is 0 Å². The number of nitrogens with one attached hydrogen (secondary N) is 1. The van der Waals surface area contributed by atoms with Gasteiger partial charge < -0.3 is 4.74 Å². The highest BCUT2D eigenvalue weighted by Gasteiger charge is 2.09. The molecule has 72 valence electrons. The third-order valence-corrected chi connectivity index (χ3v) is 2.26. The second-order valence-electron chi connectivity index (χ2n) is 2.59. The molecule has 1 aromatic heterocycles. The first kappa shape index (κ1) is 9.14. The molecule has 0 unspecified atom stereocenters. The van der Waals surface area contributed by atoms with Crippen LogP contribution in [-0.4, -0.2) is 27.7 Å². The van der Waals surface area contributed by atoms with Crippen LogP contribution in [0.25, 0.3) is 11.4 Å².